The number of hydrogen-bond acceptors (Lipinski definition) is 3. The number of benzene rings is 1. The first kappa shape index (κ1) is 17.1. The van der Waals surface area contributed by atoms with Gasteiger partial charge in [-0.1, -0.05) is 6.92 Å². The minimum atomic E-state index is -0.499. The van der Waals surface area contributed by atoms with E-state index in [4.69, 9.17) is 5.73 Å². The number of nitrogens with one attached hydrogen (secondary N) is 2. The van der Waals surface area contributed by atoms with Gasteiger partial charge in [-0.15, -0.1) is 0 Å². The van der Waals surface area contributed by atoms with Crippen LogP contribution in [-0.2, 0) is 0 Å². The molecule has 0 bridgehead atoms. The fourth-order valence-electron chi connectivity index (χ4n) is 2.68. The Bertz CT molecular complexity index is 568. The van der Waals surface area contributed by atoms with Gasteiger partial charge >= 0.3 is 6.03 Å². The molecule has 1 heterocycles. The number of amides is 3. The Labute approximate surface area is 137 Å². The predicted octanol–water partition coefficient (Wildman–Crippen LogP) is 2.70. The Kier molecular flexibility index (Phi) is 5.84. The van der Waals surface area contributed by atoms with Gasteiger partial charge in [0.1, 0.15) is 0 Å². The number of carbonyl (C=O) groups excluding carboxylic acids is 2. The molecule has 0 aliphatic carbocycles. The van der Waals surface area contributed by atoms with Crippen molar-refractivity contribution in [2.45, 2.75) is 45.6 Å². The maximum absolute atomic E-state index is 12.1. The summed E-state index contributed by atoms with van der Waals surface area (Å²) in [6, 6.07) is 5.06. The SMILES string of the molecule is CCC(C)NC(=O)Nc1cc(C(N)=O)ccc1N1CCCCC1. The lowest BCUT2D eigenvalue weighted by Crippen LogP contribution is -2.36. The molecular formula is C17H26N4O2. The van der Waals surface area contributed by atoms with Gasteiger partial charge in [0, 0.05) is 24.7 Å². The van der Waals surface area contributed by atoms with Gasteiger partial charge in [0.25, 0.3) is 0 Å². The van der Waals surface area contributed by atoms with Crippen LogP contribution in [0.5, 0.6) is 0 Å². The molecule has 23 heavy (non-hydrogen) atoms. The molecular weight excluding hydrogens is 292 g/mol. The normalized spacial score (nSPS) is 15.8. The van der Waals surface area contributed by atoms with Crippen LogP contribution in [0.2, 0.25) is 0 Å². The summed E-state index contributed by atoms with van der Waals surface area (Å²) in [6.45, 7) is 5.87. The quantitative estimate of drug-likeness (QED) is 0.780. The Morgan fingerprint density at radius 2 is 1.96 bits per heavy atom. The monoisotopic (exact) mass is 318 g/mol. The van der Waals surface area contributed by atoms with Gasteiger partial charge in [-0.2, -0.15) is 0 Å². The number of urea groups is 1. The second-order valence-electron chi connectivity index (χ2n) is 6.05. The summed E-state index contributed by atoms with van der Waals surface area (Å²) >= 11 is 0. The van der Waals surface area contributed by atoms with Gasteiger partial charge in [-0.3, -0.25) is 4.79 Å². The zero-order valence-electron chi connectivity index (χ0n) is 13.9. The van der Waals surface area contributed by atoms with E-state index in [1.54, 1.807) is 12.1 Å². The van der Waals surface area contributed by atoms with E-state index in [0.29, 0.717) is 11.3 Å². The molecule has 3 amide bonds. The van der Waals surface area contributed by atoms with Crippen molar-refractivity contribution < 1.29 is 9.59 Å². The van der Waals surface area contributed by atoms with E-state index in [9.17, 15) is 9.59 Å². The van der Waals surface area contributed by atoms with E-state index in [1.165, 1.54) is 6.42 Å². The van der Waals surface area contributed by atoms with E-state index in [1.807, 2.05) is 19.9 Å². The maximum Gasteiger partial charge on any atom is 0.319 e. The molecule has 1 atom stereocenters. The fourth-order valence-corrected chi connectivity index (χ4v) is 2.68. The third-order valence-corrected chi connectivity index (χ3v) is 4.22. The number of anilines is 2. The third kappa shape index (κ3) is 4.61. The summed E-state index contributed by atoms with van der Waals surface area (Å²) < 4.78 is 0. The molecule has 0 saturated carbocycles. The van der Waals surface area contributed by atoms with Crippen LogP contribution < -0.4 is 21.3 Å². The molecule has 1 fully saturated rings. The Hall–Kier alpha value is -2.24. The number of piperidine rings is 1. The molecule has 6 nitrogen and oxygen atoms in total. The molecule has 1 aromatic rings. The molecule has 1 aliphatic rings. The van der Waals surface area contributed by atoms with E-state index < -0.39 is 5.91 Å². The van der Waals surface area contributed by atoms with Crippen molar-refractivity contribution >= 4 is 23.3 Å². The van der Waals surface area contributed by atoms with Gasteiger partial charge in [-0.25, -0.2) is 4.79 Å². The van der Waals surface area contributed by atoms with E-state index >= 15 is 0 Å². The summed E-state index contributed by atoms with van der Waals surface area (Å²) in [5.74, 6) is -0.499. The van der Waals surface area contributed by atoms with Crippen LogP contribution >= 0.6 is 0 Å². The van der Waals surface area contributed by atoms with E-state index in [2.05, 4.69) is 15.5 Å². The molecule has 2 rings (SSSR count). The van der Waals surface area contributed by atoms with Gasteiger partial charge in [-0.05, 0) is 50.8 Å². The number of nitrogens with two attached hydrogens (primary N) is 1. The van der Waals surface area contributed by atoms with Crippen LogP contribution in [0.25, 0.3) is 0 Å². The highest BCUT2D eigenvalue weighted by Crippen LogP contribution is 2.29. The standard InChI is InChI=1S/C17H26N4O2/c1-3-12(2)19-17(23)20-14-11-13(16(18)22)7-8-15(14)21-9-5-4-6-10-21/h7-8,11-12H,3-6,9-10H2,1-2H3,(H2,18,22)(H2,19,20,23). The Morgan fingerprint density at radius 3 is 2.57 bits per heavy atom. The molecule has 126 valence electrons. The molecule has 1 aliphatic heterocycles. The van der Waals surface area contributed by atoms with Crippen molar-refractivity contribution in [3.8, 4) is 0 Å². The average Bonchev–Trinajstić information content (AvgIpc) is 2.55. The number of rotatable bonds is 5. The highest BCUT2D eigenvalue weighted by atomic mass is 16.2. The van der Waals surface area contributed by atoms with Crippen molar-refractivity contribution in [2.24, 2.45) is 5.73 Å². The molecule has 1 saturated heterocycles. The summed E-state index contributed by atoms with van der Waals surface area (Å²) in [7, 11) is 0. The summed E-state index contributed by atoms with van der Waals surface area (Å²) in [4.78, 5) is 25.8. The van der Waals surface area contributed by atoms with Gasteiger partial charge in [0.2, 0.25) is 5.91 Å². The highest BCUT2D eigenvalue weighted by molar-refractivity contribution is 5.99. The zero-order valence-corrected chi connectivity index (χ0v) is 13.9. The summed E-state index contributed by atoms with van der Waals surface area (Å²) in [6.07, 6.45) is 4.35. The zero-order chi connectivity index (χ0) is 16.8. The molecule has 1 aromatic carbocycles. The first-order chi connectivity index (χ1) is 11.0. The second kappa shape index (κ2) is 7.85. The molecule has 0 radical (unpaired) electrons. The maximum atomic E-state index is 12.1. The second-order valence-corrected chi connectivity index (χ2v) is 6.05. The lowest BCUT2D eigenvalue weighted by Gasteiger charge is -2.31. The number of nitrogens with zero attached hydrogens (tertiary/aromatic N) is 1. The Morgan fingerprint density at radius 1 is 1.26 bits per heavy atom. The van der Waals surface area contributed by atoms with Crippen LogP contribution in [0.4, 0.5) is 16.2 Å². The smallest absolute Gasteiger partial charge is 0.319 e. The predicted molar refractivity (Wildman–Crippen MR) is 92.9 cm³/mol. The number of hydrogen-bond donors (Lipinski definition) is 3. The third-order valence-electron chi connectivity index (χ3n) is 4.22. The lowest BCUT2D eigenvalue weighted by molar-refractivity contribution is 0.100. The van der Waals surface area contributed by atoms with Gasteiger partial charge in [0.05, 0.1) is 11.4 Å². The molecule has 4 N–H and O–H groups in total. The largest absolute Gasteiger partial charge is 0.370 e. The minimum absolute atomic E-state index is 0.0905. The molecule has 1 unspecified atom stereocenters. The van der Waals surface area contributed by atoms with E-state index in [-0.39, 0.29) is 12.1 Å². The van der Waals surface area contributed by atoms with Crippen molar-refractivity contribution in [1.82, 2.24) is 5.32 Å². The fraction of sp³-hybridized carbons (Fsp3) is 0.529. The molecule has 6 heteroatoms. The van der Waals surface area contributed by atoms with Crippen LogP contribution in [0, 0.1) is 0 Å². The first-order valence-corrected chi connectivity index (χ1v) is 8.27. The molecule has 0 spiro atoms. The summed E-state index contributed by atoms with van der Waals surface area (Å²) in [5.41, 5.74) is 7.32. The van der Waals surface area contributed by atoms with Crippen molar-refractivity contribution in [1.29, 1.82) is 0 Å². The Balaban J connectivity index is 2.23. The van der Waals surface area contributed by atoms with Crippen molar-refractivity contribution in [3.05, 3.63) is 23.8 Å². The van der Waals surface area contributed by atoms with Crippen molar-refractivity contribution in [3.63, 3.8) is 0 Å². The van der Waals surface area contributed by atoms with Crippen LogP contribution in [0.3, 0.4) is 0 Å². The highest BCUT2D eigenvalue weighted by Gasteiger charge is 2.17. The minimum Gasteiger partial charge on any atom is -0.370 e. The topological polar surface area (TPSA) is 87.5 Å². The number of carbonyl (C=O) groups is 2. The van der Waals surface area contributed by atoms with E-state index in [0.717, 1.165) is 38.0 Å². The van der Waals surface area contributed by atoms with Crippen molar-refractivity contribution in [2.75, 3.05) is 23.3 Å². The van der Waals surface area contributed by atoms with Crippen LogP contribution in [-0.4, -0.2) is 31.1 Å². The van der Waals surface area contributed by atoms with Crippen LogP contribution in [0.1, 0.15) is 49.9 Å². The van der Waals surface area contributed by atoms with Gasteiger partial charge < -0.3 is 21.3 Å². The van der Waals surface area contributed by atoms with Crippen LogP contribution in [0.15, 0.2) is 18.2 Å². The average molecular weight is 318 g/mol. The number of primary amides is 1. The molecule has 0 aromatic heterocycles. The van der Waals surface area contributed by atoms with Gasteiger partial charge in [0.15, 0.2) is 0 Å². The summed E-state index contributed by atoms with van der Waals surface area (Å²) in [5, 5.41) is 5.74. The first-order valence-electron chi connectivity index (χ1n) is 8.27. The lowest BCUT2D eigenvalue weighted by atomic mass is 10.1.